The minimum Gasteiger partial charge on any atom is -0.478 e. The van der Waals surface area contributed by atoms with Crippen LogP contribution in [0.2, 0.25) is 5.02 Å². The Morgan fingerprint density at radius 3 is 2.74 bits per heavy atom. The highest BCUT2D eigenvalue weighted by molar-refractivity contribution is 6.31. The molecule has 0 fully saturated rings. The van der Waals surface area contributed by atoms with E-state index in [9.17, 15) is 9.59 Å². The van der Waals surface area contributed by atoms with Gasteiger partial charge < -0.3 is 15.2 Å². The first kappa shape index (κ1) is 15.5. The number of benzene rings is 1. The van der Waals surface area contributed by atoms with E-state index < -0.39 is 5.97 Å². The molecule has 6 heteroatoms. The second kappa shape index (κ2) is 7.76. The Balaban J connectivity index is 2.61. The van der Waals surface area contributed by atoms with Crippen molar-refractivity contribution >= 4 is 29.2 Å². The summed E-state index contributed by atoms with van der Waals surface area (Å²) in [5.74, 6) is -1.43. The Morgan fingerprint density at radius 1 is 1.37 bits per heavy atom. The number of halogens is 1. The summed E-state index contributed by atoms with van der Waals surface area (Å²) in [5, 5.41) is 11.9. The van der Waals surface area contributed by atoms with E-state index in [1.807, 2.05) is 6.92 Å². The second-order valence-corrected chi connectivity index (χ2v) is 4.34. The average molecular weight is 286 g/mol. The molecular formula is C13H16ClNO4. The van der Waals surface area contributed by atoms with Crippen LogP contribution in [-0.2, 0) is 9.53 Å². The third kappa shape index (κ3) is 5.28. The lowest BCUT2D eigenvalue weighted by Gasteiger charge is -2.09. The fraction of sp³-hybridized carbons (Fsp3) is 0.385. The molecule has 104 valence electrons. The number of carbonyl (C=O) groups is 2. The Kier molecular flexibility index (Phi) is 6.32. The molecule has 0 bridgehead atoms. The van der Waals surface area contributed by atoms with Crippen LogP contribution in [0.5, 0.6) is 0 Å². The minimum atomic E-state index is -1.14. The van der Waals surface area contributed by atoms with Gasteiger partial charge in [-0.1, -0.05) is 18.5 Å². The van der Waals surface area contributed by atoms with Gasteiger partial charge in [-0.15, -0.1) is 0 Å². The van der Waals surface area contributed by atoms with Crippen molar-refractivity contribution in [3.8, 4) is 0 Å². The predicted octanol–water partition coefficient (Wildman–Crippen LogP) is 2.79. The SMILES string of the molecule is CCCOCCC(=O)Nc1ccc(Cl)cc1C(=O)O. The molecular weight excluding hydrogens is 270 g/mol. The van der Waals surface area contributed by atoms with Crippen molar-refractivity contribution in [2.45, 2.75) is 19.8 Å². The summed E-state index contributed by atoms with van der Waals surface area (Å²) in [4.78, 5) is 22.6. The van der Waals surface area contributed by atoms with Crippen LogP contribution in [0.1, 0.15) is 30.1 Å². The van der Waals surface area contributed by atoms with E-state index in [1.165, 1.54) is 18.2 Å². The summed E-state index contributed by atoms with van der Waals surface area (Å²) < 4.78 is 5.19. The third-order valence-electron chi connectivity index (χ3n) is 2.31. The van der Waals surface area contributed by atoms with E-state index in [0.29, 0.717) is 18.2 Å². The molecule has 0 unspecified atom stereocenters. The van der Waals surface area contributed by atoms with Gasteiger partial charge in [0.2, 0.25) is 5.91 Å². The van der Waals surface area contributed by atoms with Gasteiger partial charge in [-0.25, -0.2) is 4.79 Å². The standard InChI is InChI=1S/C13H16ClNO4/c1-2-6-19-7-5-12(16)15-11-4-3-9(14)8-10(11)13(17)18/h3-4,8H,2,5-7H2,1H3,(H,15,16)(H,17,18). The van der Waals surface area contributed by atoms with Gasteiger partial charge in [0.05, 0.1) is 24.3 Å². The van der Waals surface area contributed by atoms with Gasteiger partial charge in [0.15, 0.2) is 0 Å². The molecule has 0 saturated carbocycles. The Labute approximate surface area is 116 Å². The molecule has 0 heterocycles. The van der Waals surface area contributed by atoms with Crippen LogP contribution in [-0.4, -0.2) is 30.2 Å². The van der Waals surface area contributed by atoms with Crippen LogP contribution >= 0.6 is 11.6 Å². The van der Waals surface area contributed by atoms with Crippen LogP contribution in [0.15, 0.2) is 18.2 Å². The fourth-order valence-corrected chi connectivity index (χ4v) is 1.60. The summed E-state index contributed by atoms with van der Waals surface area (Å²) in [6.07, 6.45) is 1.07. The second-order valence-electron chi connectivity index (χ2n) is 3.91. The number of hydrogen-bond acceptors (Lipinski definition) is 3. The molecule has 0 aliphatic carbocycles. The number of aromatic carboxylic acids is 1. The van der Waals surface area contributed by atoms with E-state index in [2.05, 4.69) is 5.32 Å². The molecule has 0 aromatic heterocycles. The van der Waals surface area contributed by atoms with Crippen molar-refractivity contribution in [2.75, 3.05) is 18.5 Å². The van der Waals surface area contributed by atoms with Crippen molar-refractivity contribution in [3.63, 3.8) is 0 Å². The maximum atomic E-state index is 11.6. The molecule has 0 atom stereocenters. The molecule has 0 saturated heterocycles. The van der Waals surface area contributed by atoms with E-state index in [4.69, 9.17) is 21.4 Å². The Morgan fingerprint density at radius 2 is 2.11 bits per heavy atom. The molecule has 0 aliphatic heterocycles. The fourth-order valence-electron chi connectivity index (χ4n) is 1.43. The van der Waals surface area contributed by atoms with E-state index in [-0.39, 0.29) is 23.6 Å². The van der Waals surface area contributed by atoms with Crippen molar-refractivity contribution in [1.29, 1.82) is 0 Å². The first-order chi connectivity index (χ1) is 9.04. The first-order valence-corrected chi connectivity index (χ1v) is 6.32. The van der Waals surface area contributed by atoms with Crippen molar-refractivity contribution in [3.05, 3.63) is 28.8 Å². The monoisotopic (exact) mass is 285 g/mol. The topological polar surface area (TPSA) is 75.6 Å². The Hall–Kier alpha value is -1.59. The van der Waals surface area contributed by atoms with Gasteiger partial charge in [-0.3, -0.25) is 4.79 Å². The molecule has 0 spiro atoms. The third-order valence-corrected chi connectivity index (χ3v) is 2.54. The number of amides is 1. The van der Waals surface area contributed by atoms with Crippen molar-refractivity contribution in [1.82, 2.24) is 0 Å². The highest BCUT2D eigenvalue weighted by Gasteiger charge is 2.12. The quantitative estimate of drug-likeness (QED) is 0.755. The van der Waals surface area contributed by atoms with Crippen molar-refractivity contribution < 1.29 is 19.4 Å². The van der Waals surface area contributed by atoms with Gasteiger partial charge in [0.1, 0.15) is 0 Å². The summed E-state index contributed by atoms with van der Waals surface area (Å²) in [5.41, 5.74) is 0.202. The van der Waals surface area contributed by atoms with Crippen molar-refractivity contribution in [2.24, 2.45) is 0 Å². The number of ether oxygens (including phenoxy) is 1. The van der Waals surface area contributed by atoms with Crippen LogP contribution < -0.4 is 5.32 Å². The lowest BCUT2D eigenvalue weighted by molar-refractivity contribution is -0.117. The molecule has 1 rings (SSSR count). The molecule has 0 aliphatic rings. The number of anilines is 1. The summed E-state index contributed by atoms with van der Waals surface area (Å²) in [6, 6.07) is 4.29. The highest BCUT2D eigenvalue weighted by Crippen LogP contribution is 2.20. The summed E-state index contributed by atoms with van der Waals surface area (Å²) in [7, 11) is 0. The largest absolute Gasteiger partial charge is 0.478 e. The van der Waals surface area contributed by atoms with Crippen LogP contribution in [0.4, 0.5) is 5.69 Å². The van der Waals surface area contributed by atoms with Gasteiger partial charge in [-0.2, -0.15) is 0 Å². The molecule has 1 amide bonds. The van der Waals surface area contributed by atoms with Crippen LogP contribution in [0, 0.1) is 0 Å². The maximum absolute atomic E-state index is 11.6. The number of rotatable bonds is 7. The lowest BCUT2D eigenvalue weighted by atomic mass is 10.1. The molecule has 0 radical (unpaired) electrons. The lowest BCUT2D eigenvalue weighted by Crippen LogP contribution is -2.16. The maximum Gasteiger partial charge on any atom is 0.337 e. The van der Waals surface area contributed by atoms with Crippen LogP contribution in [0.3, 0.4) is 0 Å². The number of nitrogens with one attached hydrogen (secondary N) is 1. The molecule has 5 nitrogen and oxygen atoms in total. The number of carboxylic acids is 1. The Bertz CT molecular complexity index is 462. The highest BCUT2D eigenvalue weighted by atomic mass is 35.5. The van der Waals surface area contributed by atoms with Gasteiger partial charge in [0, 0.05) is 11.6 Å². The molecule has 1 aromatic rings. The molecule has 1 aromatic carbocycles. The van der Waals surface area contributed by atoms with Gasteiger partial charge >= 0.3 is 5.97 Å². The zero-order chi connectivity index (χ0) is 14.3. The van der Waals surface area contributed by atoms with E-state index in [1.54, 1.807) is 0 Å². The molecule has 19 heavy (non-hydrogen) atoms. The van der Waals surface area contributed by atoms with Crippen LogP contribution in [0.25, 0.3) is 0 Å². The van der Waals surface area contributed by atoms with E-state index in [0.717, 1.165) is 6.42 Å². The summed E-state index contributed by atoms with van der Waals surface area (Å²) in [6.45, 7) is 2.90. The number of hydrogen-bond donors (Lipinski definition) is 2. The zero-order valence-corrected chi connectivity index (χ0v) is 11.4. The zero-order valence-electron chi connectivity index (χ0n) is 10.6. The number of carboxylic acid groups (broad SMARTS) is 1. The average Bonchev–Trinajstić information content (AvgIpc) is 2.36. The first-order valence-electron chi connectivity index (χ1n) is 5.95. The smallest absolute Gasteiger partial charge is 0.337 e. The minimum absolute atomic E-state index is 0.0321. The normalized spacial score (nSPS) is 10.2. The van der Waals surface area contributed by atoms with Gasteiger partial charge in [0.25, 0.3) is 0 Å². The number of carbonyl (C=O) groups excluding carboxylic acids is 1. The van der Waals surface area contributed by atoms with Gasteiger partial charge in [-0.05, 0) is 24.6 Å². The predicted molar refractivity (Wildman–Crippen MR) is 72.8 cm³/mol. The van der Waals surface area contributed by atoms with E-state index >= 15 is 0 Å². The molecule has 2 N–H and O–H groups in total. The summed E-state index contributed by atoms with van der Waals surface area (Å²) >= 11 is 5.72.